The number of aromatic nitrogens is 2. The summed E-state index contributed by atoms with van der Waals surface area (Å²) >= 11 is 3.37. The van der Waals surface area contributed by atoms with Gasteiger partial charge in [-0.15, -0.1) is 0 Å². The third kappa shape index (κ3) is 1.38. The summed E-state index contributed by atoms with van der Waals surface area (Å²) in [6.45, 7) is 0.754. The van der Waals surface area contributed by atoms with E-state index in [9.17, 15) is 4.39 Å². The second kappa shape index (κ2) is 3.28. The minimum atomic E-state index is -0.300. The van der Waals surface area contributed by atoms with E-state index in [4.69, 9.17) is 4.74 Å². The molecule has 1 saturated heterocycles. The molecule has 1 aromatic heterocycles. The van der Waals surface area contributed by atoms with Crippen LogP contribution in [0.1, 0.15) is 12.6 Å². The molecule has 1 fully saturated rings. The molecule has 0 amide bonds. The summed E-state index contributed by atoms with van der Waals surface area (Å²) in [7, 11) is 0. The zero-order chi connectivity index (χ0) is 10.4. The van der Waals surface area contributed by atoms with Gasteiger partial charge in [0.25, 0.3) is 0 Å². The Labute approximate surface area is 94.0 Å². The standard InChI is InChI=1S/C10H8BrFN2O/c11-7-1-2-8(12)10-6(7)5-14(13-10)9-3-4-15-9/h1-2,5,9H,3-4H2. The Kier molecular flexibility index (Phi) is 2.03. The first-order valence-electron chi connectivity index (χ1n) is 4.70. The first-order valence-corrected chi connectivity index (χ1v) is 5.49. The molecule has 0 radical (unpaired) electrons. The van der Waals surface area contributed by atoms with Crippen molar-refractivity contribution in [2.75, 3.05) is 6.61 Å². The average molecular weight is 271 g/mol. The minimum absolute atomic E-state index is 0.0244. The molecule has 0 bridgehead atoms. The normalized spacial score (nSPS) is 20.5. The van der Waals surface area contributed by atoms with E-state index in [2.05, 4.69) is 21.0 Å². The second-order valence-corrected chi connectivity index (χ2v) is 4.37. The lowest BCUT2D eigenvalue weighted by Crippen LogP contribution is -2.24. The van der Waals surface area contributed by atoms with Gasteiger partial charge in [-0.05, 0) is 12.1 Å². The van der Waals surface area contributed by atoms with Crippen molar-refractivity contribution >= 4 is 26.8 Å². The maximum Gasteiger partial charge on any atom is 0.152 e. The lowest BCUT2D eigenvalue weighted by molar-refractivity contribution is -0.106. The Morgan fingerprint density at radius 1 is 1.53 bits per heavy atom. The van der Waals surface area contributed by atoms with Crippen molar-refractivity contribution in [3.05, 3.63) is 28.6 Å². The summed E-state index contributed by atoms with van der Waals surface area (Å²) in [5, 5.41) is 4.96. The van der Waals surface area contributed by atoms with Gasteiger partial charge in [-0.1, -0.05) is 15.9 Å². The van der Waals surface area contributed by atoms with Crippen molar-refractivity contribution in [2.24, 2.45) is 0 Å². The van der Waals surface area contributed by atoms with Crippen LogP contribution in [0, 0.1) is 5.82 Å². The Hall–Kier alpha value is -0.940. The zero-order valence-corrected chi connectivity index (χ0v) is 9.37. The fourth-order valence-corrected chi connectivity index (χ4v) is 2.06. The van der Waals surface area contributed by atoms with Crippen molar-refractivity contribution in [3.63, 3.8) is 0 Å². The van der Waals surface area contributed by atoms with Crippen LogP contribution in [0.4, 0.5) is 4.39 Å². The molecule has 0 aliphatic carbocycles. The zero-order valence-electron chi connectivity index (χ0n) is 7.78. The Bertz CT molecular complexity index is 482. The summed E-state index contributed by atoms with van der Waals surface area (Å²) in [4.78, 5) is 0. The first-order chi connectivity index (χ1) is 7.25. The van der Waals surface area contributed by atoms with Gasteiger partial charge in [0.15, 0.2) is 12.0 Å². The smallest absolute Gasteiger partial charge is 0.152 e. The molecule has 0 spiro atoms. The third-order valence-corrected chi connectivity index (χ3v) is 3.25. The number of fused-ring (bicyclic) bond motifs is 1. The second-order valence-electron chi connectivity index (χ2n) is 3.51. The van der Waals surface area contributed by atoms with E-state index in [0.717, 1.165) is 22.9 Å². The molecule has 1 unspecified atom stereocenters. The SMILES string of the molecule is Fc1ccc(Br)c2cn(C3CCO3)nc12. The van der Waals surface area contributed by atoms with Crippen LogP contribution >= 0.6 is 15.9 Å². The Morgan fingerprint density at radius 2 is 2.33 bits per heavy atom. The van der Waals surface area contributed by atoms with Crippen molar-refractivity contribution in [1.82, 2.24) is 9.78 Å². The minimum Gasteiger partial charge on any atom is -0.356 e. The highest BCUT2D eigenvalue weighted by atomic mass is 79.9. The molecular formula is C10H8BrFN2O. The van der Waals surface area contributed by atoms with Gasteiger partial charge in [0.05, 0.1) is 6.61 Å². The largest absolute Gasteiger partial charge is 0.356 e. The molecule has 3 nitrogen and oxygen atoms in total. The van der Waals surface area contributed by atoms with E-state index >= 15 is 0 Å². The lowest BCUT2D eigenvalue weighted by atomic mass is 10.2. The van der Waals surface area contributed by atoms with Gasteiger partial charge >= 0.3 is 0 Å². The summed E-state index contributed by atoms with van der Waals surface area (Å²) in [5.74, 6) is -0.300. The van der Waals surface area contributed by atoms with Crippen LogP contribution in [0.15, 0.2) is 22.8 Å². The van der Waals surface area contributed by atoms with Crippen LogP contribution in [0.5, 0.6) is 0 Å². The molecule has 0 N–H and O–H groups in total. The fourth-order valence-electron chi connectivity index (χ4n) is 1.64. The van der Waals surface area contributed by atoms with Gasteiger partial charge in [0, 0.05) is 22.5 Å². The van der Waals surface area contributed by atoms with E-state index in [1.165, 1.54) is 6.07 Å². The molecule has 1 atom stereocenters. The van der Waals surface area contributed by atoms with Crippen molar-refractivity contribution < 1.29 is 9.13 Å². The number of halogens is 2. The van der Waals surface area contributed by atoms with Crippen LogP contribution < -0.4 is 0 Å². The monoisotopic (exact) mass is 270 g/mol. The van der Waals surface area contributed by atoms with Gasteiger partial charge in [-0.3, -0.25) is 0 Å². The molecule has 1 aromatic carbocycles. The van der Waals surface area contributed by atoms with Crippen molar-refractivity contribution in [3.8, 4) is 0 Å². The highest BCUT2D eigenvalue weighted by molar-refractivity contribution is 9.10. The van der Waals surface area contributed by atoms with E-state index in [1.807, 2.05) is 6.20 Å². The van der Waals surface area contributed by atoms with Gasteiger partial charge in [0.1, 0.15) is 5.52 Å². The summed E-state index contributed by atoms with van der Waals surface area (Å²) in [6, 6.07) is 3.09. The maximum absolute atomic E-state index is 13.4. The van der Waals surface area contributed by atoms with Crippen LogP contribution in [-0.4, -0.2) is 16.4 Å². The van der Waals surface area contributed by atoms with Crippen LogP contribution in [0.25, 0.3) is 10.9 Å². The molecule has 5 heteroatoms. The van der Waals surface area contributed by atoms with Crippen molar-refractivity contribution in [2.45, 2.75) is 12.6 Å². The summed E-state index contributed by atoms with van der Waals surface area (Å²) < 4.78 is 21.3. The molecule has 3 rings (SSSR count). The van der Waals surface area contributed by atoms with Gasteiger partial charge in [-0.2, -0.15) is 5.10 Å². The van der Waals surface area contributed by atoms with E-state index < -0.39 is 0 Å². The van der Waals surface area contributed by atoms with E-state index in [-0.39, 0.29) is 12.0 Å². The van der Waals surface area contributed by atoms with Crippen molar-refractivity contribution in [1.29, 1.82) is 0 Å². The Balaban J connectivity index is 2.19. The predicted molar refractivity (Wildman–Crippen MR) is 57.0 cm³/mol. The fraction of sp³-hybridized carbons (Fsp3) is 0.300. The molecule has 1 aliphatic rings. The first kappa shape index (κ1) is 9.30. The molecule has 78 valence electrons. The number of benzene rings is 1. The number of hydrogen-bond acceptors (Lipinski definition) is 2. The molecule has 15 heavy (non-hydrogen) atoms. The molecule has 2 aromatic rings. The molecule has 2 heterocycles. The number of nitrogens with zero attached hydrogens (tertiary/aromatic N) is 2. The lowest BCUT2D eigenvalue weighted by Gasteiger charge is -2.26. The van der Waals surface area contributed by atoms with Crippen LogP contribution in [0.2, 0.25) is 0 Å². The molecule has 0 saturated carbocycles. The quantitative estimate of drug-likeness (QED) is 0.797. The molecule has 1 aliphatic heterocycles. The summed E-state index contributed by atoms with van der Waals surface area (Å²) in [5.41, 5.74) is 0.389. The number of hydrogen-bond donors (Lipinski definition) is 0. The van der Waals surface area contributed by atoms with Gasteiger partial charge in [-0.25, -0.2) is 9.07 Å². The Morgan fingerprint density at radius 3 is 2.93 bits per heavy atom. The maximum atomic E-state index is 13.4. The van der Waals surface area contributed by atoms with E-state index in [0.29, 0.717) is 5.52 Å². The average Bonchev–Trinajstić information content (AvgIpc) is 2.54. The highest BCUT2D eigenvalue weighted by Crippen LogP contribution is 2.29. The summed E-state index contributed by atoms with van der Waals surface area (Å²) in [6.07, 6.45) is 2.73. The highest BCUT2D eigenvalue weighted by Gasteiger charge is 2.22. The molecular weight excluding hydrogens is 263 g/mol. The van der Waals surface area contributed by atoms with Crippen LogP contribution in [0.3, 0.4) is 0 Å². The van der Waals surface area contributed by atoms with Gasteiger partial charge < -0.3 is 4.74 Å². The van der Waals surface area contributed by atoms with Gasteiger partial charge in [0.2, 0.25) is 0 Å². The topological polar surface area (TPSA) is 27.1 Å². The predicted octanol–water partition coefficient (Wildman–Crippen LogP) is 2.86. The van der Waals surface area contributed by atoms with Crippen LogP contribution in [-0.2, 0) is 4.74 Å². The number of ether oxygens (including phenoxy) is 1. The number of rotatable bonds is 1. The van der Waals surface area contributed by atoms with E-state index in [1.54, 1.807) is 10.7 Å². The third-order valence-electron chi connectivity index (χ3n) is 2.56.